The second kappa shape index (κ2) is 7.28. The number of hydrogen-bond acceptors (Lipinski definition) is 6. The summed E-state index contributed by atoms with van der Waals surface area (Å²) in [7, 11) is 0. The van der Waals surface area contributed by atoms with Crippen LogP contribution in [0.1, 0.15) is 41.6 Å². The molecule has 0 aliphatic carbocycles. The Hall–Kier alpha value is -2.70. The molecule has 148 valence electrons. The third-order valence-electron chi connectivity index (χ3n) is 5.14. The van der Waals surface area contributed by atoms with Crippen LogP contribution in [0.2, 0.25) is 5.02 Å². The van der Waals surface area contributed by atoms with E-state index in [4.69, 9.17) is 26.2 Å². The molecule has 1 aromatic heterocycles. The van der Waals surface area contributed by atoms with Crippen LogP contribution in [-0.4, -0.2) is 22.4 Å². The summed E-state index contributed by atoms with van der Waals surface area (Å²) >= 11 is 7.97. The number of para-hydroxylation sites is 1. The van der Waals surface area contributed by atoms with Gasteiger partial charge in [-0.05, 0) is 36.6 Å². The molecule has 0 saturated carbocycles. The molecule has 2 aliphatic heterocycles. The van der Waals surface area contributed by atoms with Gasteiger partial charge < -0.3 is 14.6 Å². The Morgan fingerprint density at radius 3 is 2.93 bits per heavy atom. The van der Waals surface area contributed by atoms with Gasteiger partial charge in [0.25, 0.3) is 0 Å². The van der Waals surface area contributed by atoms with Gasteiger partial charge in [-0.1, -0.05) is 35.9 Å². The van der Waals surface area contributed by atoms with Crippen LogP contribution < -0.4 is 9.47 Å². The van der Waals surface area contributed by atoms with Crippen molar-refractivity contribution in [3.63, 3.8) is 0 Å². The molecule has 0 unspecified atom stereocenters. The zero-order valence-electron chi connectivity index (χ0n) is 15.7. The number of phenolic OH excluding ortho intramolecular Hbond substituents is 1. The molecule has 3 aromatic rings. The summed E-state index contributed by atoms with van der Waals surface area (Å²) in [6, 6.07) is 15.8. The summed E-state index contributed by atoms with van der Waals surface area (Å²) < 4.78 is 11.9. The number of benzene rings is 2. The van der Waals surface area contributed by atoms with Crippen LogP contribution in [0.5, 0.6) is 17.2 Å². The van der Waals surface area contributed by atoms with Gasteiger partial charge in [-0.2, -0.15) is 5.10 Å². The molecule has 0 fully saturated rings. The van der Waals surface area contributed by atoms with Gasteiger partial charge in [-0.25, -0.2) is 5.01 Å². The molecule has 29 heavy (non-hydrogen) atoms. The normalized spacial score (nSPS) is 19.9. The SMILES string of the molecule is CCOc1cc([C@H]2Oc3ccccc3[C@@H]3CC(c4cccs4)=NN23)cc(Cl)c1O. The van der Waals surface area contributed by atoms with Gasteiger partial charge in [-0.3, -0.25) is 0 Å². The highest BCUT2D eigenvalue weighted by molar-refractivity contribution is 7.12. The lowest BCUT2D eigenvalue weighted by atomic mass is 9.97. The van der Waals surface area contributed by atoms with Crippen molar-refractivity contribution in [2.75, 3.05) is 6.61 Å². The number of rotatable bonds is 4. The summed E-state index contributed by atoms with van der Waals surface area (Å²) in [5.41, 5.74) is 2.95. The average molecular weight is 427 g/mol. The Morgan fingerprint density at radius 2 is 2.14 bits per heavy atom. The maximum absolute atomic E-state index is 10.2. The number of thiophene rings is 1. The van der Waals surface area contributed by atoms with Crippen LogP contribution in [-0.2, 0) is 0 Å². The molecule has 0 radical (unpaired) electrons. The van der Waals surface area contributed by atoms with Crippen molar-refractivity contribution in [3.05, 3.63) is 74.9 Å². The molecule has 5 nitrogen and oxygen atoms in total. The lowest BCUT2D eigenvalue weighted by Gasteiger charge is -2.38. The van der Waals surface area contributed by atoms with E-state index < -0.39 is 6.23 Å². The number of fused-ring (bicyclic) bond motifs is 3. The van der Waals surface area contributed by atoms with Gasteiger partial charge in [0.1, 0.15) is 5.75 Å². The Morgan fingerprint density at radius 1 is 1.28 bits per heavy atom. The standard InChI is InChI=1S/C22H19ClN2O3S/c1-2-27-19-11-13(10-15(23)21(19)26)22-25-17(14-6-3-4-7-18(14)28-22)12-16(24-25)20-8-5-9-29-20/h3-11,17,22,26H,2,12H2,1H3/t17-,22+/m0/s1. The fraction of sp³-hybridized carbons (Fsp3) is 0.227. The molecule has 0 amide bonds. The number of phenols is 1. The molecule has 7 heteroatoms. The van der Waals surface area contributed by atoms with Crippen LogP contribution in [0.15, 0.2) is 59.0 Å². The number of hydrogen-bond donors (Lipinski definition) is 1. The fourth-order valence-electron chi connectivity index (χ4n) is 3.85. The zero-order valence-corrected chi connectivity index (χ0v) is 17.3. The third-order valence-corrected chi connectivity index (χ3v) is 6.35. The van der Waals surface area contributed by atoms with Crippen molar-refractivity contribution in [1.29, 1.82) is 0 Å². The number of ether oxygens (including phenoxy) is 2. The van der Waals surface area contributed by atoms with Gasteiger partial charge in [0.05, 0.1) is 28.3 Å². The van der Waals surface area contributed by atoms with Crippen molar-refractivity contribution in [2.24, 2.45) is 5.10 Å². The monoisotopic (exact) mass is 426 g/mol. The minimum atomic E-state index is -0.468. The predicted molar refractivity (Wildman–Crippen MR) is 114 cm³/mol. The minimum Gasteiger partial charge on any atom is -0.503 e. The lowest BCUT2D eigenvalue weighted by molar-refractivity contribution is -0.0191. The van der Waals surface area contributed by atoms with Gasteiger partial charge in [-0.15, -0.1) is 11.3 Å². The Labute approximate surface area is 177 Å². The van der Waals surface area contributed by atoms with Gasteiger partial charge in [0, 0.05) is 17.5 Å². The molecule has 1 N–H and O–H groups in total. The zero-order chi connectivity index (χ0) is 20.0. The second-order valence-electron chi connectivity index (χ2n) is 6.91. The Kier molecular flexibility index (Phi) is 4.60. The van der Waals surface area contributed by atoms with E-state index in [1.54, 1.807) is 23.5 Å². The molecule has 2 atom stereocenters. The average Bonchev–Trinajstić information content (AvgIpc) is 3.40. The van der Waals surface area contributed by atoms with Crippen LogP contribution in [0, 0.1) is 0 Å². The van der Waals surface area contributed by atoms with E-state index in [2.05, 4.69) is 17.5 Å². The van der Waals surface area contributed by atoms with Crippen molar-refractivity contribution in [3.8, 4) is 17.2 Å². The van der Waals surface area contributed by atoms with Crippen molar-refractivity contribution in [1.82, 2.24) is 5.01 Å². The molecule has 3 heterocycles. The molecule has 5 rings (SSSR count). The van der Waals surface area contributed by atoms with Crippen molar-refractivity contribution < 1.29 is 14.6 Å². The maximum Gasteiger partial charge on any atom is 0.214 e. The van der Waals surface area contributed by atoms with E-state index in [-0.39, 0.29) is 16.8 Å². The first-order chi connectivity index (χ1) is 14.2. The van der Waals surface area contributed by atoms with E-state index in [1.807, 2.05) is 36.2 Å². The van der Waals surface area contributed by atoms with Crippen LogP contribution in [0.4, 0.5) is 0 Å². The summed E-state index contributed by atoms with van der Waals surface area (Å²) in [5.74, 6) is 1.12. The number of halogens is 1. The summed E-state index contributed by atoms with van der Waals surface area (Å²) in [6.07, 6.45) is 0.339. The first-order valence-electron chi connectivity index (χ1n) is 9.46. The number of hydrazone groups is 1. The summed E-state index contributed by atoms with van der Waals surface area (Å²) in [5, 5.41) is 19.4. The maximum atomic E-state index is 10.2. The first kappa shape index (κ1) is 18.3. The van der Waals surface area contributed by atoms with E-state index in [9.17, 15) is 5.11 Å². The minimum absolute atomic E-state index is 0.0609. The number of nitrogens with zero attached hydrogens (tertiary/aromatic N) is 2. The van der Waals surface area contributed by atoms with E-state index in [0.717, 1.165) is 33.9 Å². The quantitative estimate of drug-likeness (QED) is 0.577. The Bertz CT molecular complexity index is 1080. The molecular formula is C22H19ClN2O3S. The van der Waals surface area contributed by atoms with Crippen LogP contribution in [0.25, 0.3) is 0 Å². The predicted octanol–water partition coefficient (Wildman–Crippen LogP) is 5.75. The molecule has 0 saturated heterocycles. The molecular weight excluding hydrogens is 408 g/mol. The van der Waals surface area contributed by atoms with Crippen molar-refractivity contribution in [2.45, 2.75) is 25.6 Å². The van der Waals surface area contributed by atoms with E-state index in [0.29, 0.717) is 12.4 Å². The van der Waals surface area contributed by atoms with Gasteiger partial charge in [0.15, 0.2) is 11.5 Å². The van der Waals surface area contributed by atoms with Gasteiger partial charge in [0.2, 0.25) is 6.23 Å². The van der Waals surface area contributed by atoms with Crippen LogP contribution in [0.3, 0.4) is 0 Å². The molecule has 0 bridgehead atoms. The fourth-order valence-corrected chi connectivity index (χ4v) is 4.79. The molecule has 0 spiro atoms. The van der Waals surface area contributed by atoms with Gasteiger partial charge >= 0.3 is 0 Å². The largest absolute Gasteiger partial charge is 0.503 e. The highest BCUT2D eigenvalue weighted by Gasteiger charge is 2.41. The van der Waals surface area contributed by atoms with E-state index >= 15 is 0 Å². The highest BCUT2D eigenvalue weighted by Crippen LogP contribution is 2.49. The molecule has 2 aromatic carbocycles. The highest BCUT2D eigenvalue weighted by atomic mass is 35.5. The molecule has 2 aliphatic rings. The summed E-state index contributed by atoms with van der Waals surface area (Å²) in [6.45, 7) is 2.29. The topological polar surface area (TPSA) is 54.3 Å². The second-order valence-corrected chi connectivity index (χ2v) is 8.27. The summed E-state index contributed by atoms with van der Waals surface area (Å²) in [4.78, 5) is 1.16. The Balaban J connectivity index is 1.61. The smallest absolute Gasteiger partial charge is 0.214 e. The first-order valence-corrected chi connectivity index (χ1v) is 10.7. The van der Waals surface area contributed by atoms with E-state index in [1.165, 1.54) is 0 Å². The van der Waals surface area contributed by atoms with Crippen molar-refractivity contribution >= 4 is 28.6 Å². The lowest BCUT2D eigenvalue weighted by Crippen LogP contribution is -2.33. The third kappa shape index (κ3) is 3.12. The van der Waals surface area contributed by atoms with Crippen LogP contribution >= 0.6 is 22.9 Å². The number of aromatic hydroxyl groups is 1.